The molecule has 0 aliphatic carbocycles. The van der Waals surface area contributed by atoms with Crippen LogP contribution in [0.3, 0.4) is 0 Å². The van der Waals surface area contributed by atoms with Gasteiger partial charge < -0.3 is 0 Å². The van der Waals surface area contributed by atoms with Gasteiger partial charge in [0.2, 0.25) is 0 Å². The molecule has 1 aliphatic rings. The van der Waals surface area contributed by atoms with Gasteiger partial charge >= 0.3 is 248 Å². The molecule has 3 rings (SSSR count). The molecule has 0 unspecified atom stereocenters. The maximum absolute atomic E-state index is 11.9. The summed E-state index contributed by atoms with van der Waals surface area (Å²) in [6.07, 6.45) is 8.66. The summed E-state index contributed by atoms with van der Waals surface area (Å²) in [5, 5.41) is 11.9. The third-order valence-electron chi connectivity index (χ3n) is 7.80. The second-order valence-corrected chi connectivity index (χ2v) is 16.4. The van der Waals surface area contributed by atoms with E-state index in [1.54, 1.807) is 7.11 Å². The van der Waals surface area contributed by atoms with Crippen LogP contribution < -0.4 is 0 Å². The molecule has 2 radical (unpaired) electrons. The van der Waals surface area contributed by atoms with E-state index >= 15 is 0 Å². The zero-order valence-corrected chi connectivity index (χ0v) is 27.4. The van der Waals surface area contributed by atoms with Gasteiger partial charge in [0.15, 0.2) is 0 Å². The van der Waals surface area contributed by atoms with Crippen LogP contribution in [0, 0.1) is 0 Å². The summed E-state index contributed by atoms with van der Waals surface area (Å²) >= 11 is -1.24. The second-order valence-electron chi connectivity index (χ2n) is 10.9. The van der Waals surface area contributed by atoms with Crippen LogP contribution >= 0.6 is 0 Å². The Labute approximate surface area is 247 Å². The number of methoxy groups -OCH3 is 1. The molecule has 39 heavy (non-hydrogen) atoms. The van der Waals surface area contributed by atoms with Crippen molar-refractivity contribution in [1.29, 1.82) is 0 Å². The molecule has 0 aromatic heterocycles. The van der Waals surface area contributed by atoms with Crippen molar-refractivity contribution in [3.05, 3.63) is 71.8 Å². The zero-order valence-electron chi connectivity index (χ0n) is 24.5. The number of rotatable bonds is 18. The monoisotopic (exact) mass is 646 g/mol. The van der Waals surface area contributed by atoms with Crippen molar-refractivity contribution in [3.8, 4) is 0 Å². The van der Waals surface area contributed by atoms with Gasteiger partial charge in [0, 0.05) is 0 Å². The molecule has 2 aromatic rings. The summed E-state index contributed by atoms with van der Waals surface area (Å²) in [7, 11) is 1.68. The Bertz CT molecular complexity index is 874. The molecule has 1 saturated heterocycles. The summed E-state index contributed by atoms with van der Waals surface area (Å²) in [6, 6.07) is 20.2. The van der Waals surface area contributed by atoms with E-state index in [2.05, 4.69) is 32.9 Å². The van der Waals surface area contributed by atoms with Gasteiger partial charge in [-0.15, -0.1) is 0 Å². The minimum atomic E-state index is -1.24. The molecule has 1 N–H and O–H groups in total. The van der Waals surface area contributed by atoms with E-state index < -0.39 is 45.7 Å². The standard InChI is InChI=1S/C20H23O5.C13H27.Sn/c1-22-20-19(24-13-16-10-6-3-7-11-16)18(17(21)14-25-20)23-12-15-8-4-2-5-9-15;1-4-7-10-13(11-8-5-2)12-9-6-3;/h2-11,14,17-21H,12-13H2,1H3;4-12H2,1-3H3;/t17-,18-,19+,20-;;/m0../s1. The maximum atomic E-state index is 11.9. The van der Waals surface area contributed by atoms with Gasteiger partial charge in [0.1, 0.15) is 0 Å². The number of benzene rings is 2. The Morgan fingerprint density at radius 1 is 0.744 bits per heavy atom. The Kier molecular flexibility index (Phi) is 14.8. The molecule has 0 spiro atoms. The van der Waals surface area contributed by atoms with Crippen molar-refractivity contribution < 1.29 is 24.1 Å². The van der Waals surface area contributed by atoms with Gasteiger partial charge in [-0.1, -0.05) is 0 Å². The van der Waals surface area contributed by atoms with Crippen LogP contribution in [0.15, 0.2) is 60.7 Å². The van der Waals surface area contributed by atoms with Crippen LogP contribution in [0.4, 0.5) is 0 Å². The molecule has 0 saturated carbocycles. The summed E-state index contributed by atoms with van der Waals surface area (Å²) in [5.74, 6) is 0. The van der Waals surface area contributed by atoms with Crippen molar-refractivity contribution in [3.63, 3.8) is 0 Å². The fourth-order valence-electron chi connectivity index (χ4n) is 5.47. The fraction of sp³-hybridized carbons (Fsp3) is 0.636. The van der Waals surface area contributed by atoms with Crippen LogP contribution in [0.5, 0.6) is 0 Å². The number of aliphatic hydroxyl groups excluding tert-OH is 1. The normalized spacial score (nSPS) is 23.7. The van der Waals surface area contributed by atoms with E-state index in [0.717, 1.165) is 11.1 Å². The van der Waals surface area contributed by atoms with Crippen molar-refractivity contribution in [2.75, 3.05) is 7.11 Å². The van der Waals surface area contributed by atoms with Gasteiger partial charge in [0.05, 0.1) is 0 Å². The van der Waals surface area contributed by atoms with Gasteiger partial charge in [-0.05, 0) is 0 Å². The quantitative estimate of drug-likeness (QED) is 0.173. The van der Waals surface area contributed by atoms with E-state index in [-0.39, 0.29) is 4.12 Å². The first kappa shape index (κ1) is 32.6. The first-order valence-electron chi connectivity index (χ1n) is 15.0. The zero-order chi connectivity index (χ0) is 27.9. The van der Waals surface area contributed by atoms with E-state index in [1.807, 2.05) is 48.5 Å². The molecule has 1 aliphatic heterocycles. The van der Waals surface area contributed by atoms with E-state index in [9.17, 15) is 5.11 Å². The Balaban J connectivity index is 1.85. The Hall–Kier alpha value is -0.961. The number of hydrogen-bond donors (Lipinski definition) is 1. The molecule has 0 bridgehead atoms. The Morgan fingerprint density at radius 3 is 1.64 bits per heavy atom. The molecule has 5 atom stereocenters. The minimum absolute atomic E-state index is 0.207. The number of aliphatic hydroxyl groups is 1. The summed E-state index contributed by atoms with van der Waals surface area (Å²) in [5.41, 5.74) is 2.15. The van der Waals surface area contributed by atoms with E-state index in [0.29, 0.717) is 16.6 Å². The van der Waals surface area contributed by atoms with E-state index in [4.69, 9.17) is 18.9 Å². The van der Waals surface area contributed by atoms with Crippen LogP contribution in [0.2, 0.25) is 3.43 Å². The van der Waals surface area contributed by atoms with Crippen molar-refractivity contribution in [2.45, 2.75) is 124 Å². The summed E-state index contributed by atoms with van der Waals surface area (Å²) in [4.78, 5) is 0. The predicted octanol–water partition coefficient (Wildman–Crippen LogP) is 7.28. The number of unbranched alkanes of at least 4 members (excludes halogenated alkanes) is 3. The first-order chi connectivity index (χ1) is 19.1. The van der Waals surface area contributed by atoms with Crippen LogP contribution in [0.1, 0.15) is 89.7 Å². The fourth-order valence-corrected chi connectivity index (χ4v) is 11.5. The van der Waals surface area contributed by atoms with Crippen molar-refractivity contribution in [1.82, 2.24) is 0 Å². The van der Waals surface area contributed by atoms with Gasteiger partial charge in [-0.2, -0.15) is 0 Å². The number of hydrogen-bond acceptors (Lipinski definition) is 5. The molecule has 6 heteroatoms. The topological polar surface area (TPSA) is 57.2 Å². The van der Waals surface area contributed by atoms with Gasteiger partial charge in [-0.25, -0.2) is 0 Å². The summed E-state index contributed by atoms with van der Waals surface area (Å²) < 4.78 is 25.5. The molecule has 2 aromatic carbocycles. The van der Waals surface area contributed by atoms with E-state index in [1.165, 1.54) is 57.8 Å². The van der Waals surface area contributed by atoms with Crippen LogP contribution in [-0.4, -0.2) is 62.1 Å². The molecule has 5 nitrogen and oxygen atoms in total. The molecule has 0 amide bonds. The molecular formula is C33H50O5Sn. The third-order valence-corrected chi connectivity index (χ3v) is 13.9. The van der Waals surface area contributed by atoms with Crippen molar-refractivity contribution in [2.24, 2.45) is 0 Å². The average molecular weight is 645 g/mol. The van der Waals surface area contributed by atoms with Crippen LogP contribution in [0.25, 0.3) is 0 Å². The third kappa shape index (κ3) is 10.1. The first-order valence-corrected chi connectivity index (χ1v) is 18.1. The molecular weight excluding hydrogens is 595 g/mol. The molecule has 216 valence electrons. The van der Waals surface area contributed by atoms with Gasteiger partial charge in [0.25, 0.3) is 0 Å². The number of ether oxygens (including phenoxy) is 4. The van der Waals surface area contributed by atoms with Crippen LogP contribution in [-0.2, 0) is 32.2 Å². The molecule has 1 fully saturated rings. The Morgan fingerprint density at radius 2 is 1.21 bits per heavy atom. The predicted molar refractivity (Wildman–Crippen MR) is 159 cm³/mol. The van der Waals surface area contributed by atoms with Crippen molar-refractivity contribution >= 4 is 21.1 Å². The SMILES string of the molecule is CCCC[C](CCCC)(CCCC)[Sn][C@@H]1O[C@H](OC)[C@H](OCc2ccccc2)[C@@H](OCc2ccccc2)[C@H]1O. The van der Waals surface area contributed by atoms with Gasteiger partial charge in [-0.3, -0.25) is 0 Å². The average Bonchev–Trinajstić information content (AvgIpc) is 2.98. The molecule has 1 heterocycles. The summed E-state index contributed by atoms with van der Waals surface area (Å²) in [6.45, 7) is 7.67. The second kappa shape index (κ2) is 17.8.